The summed E-state index contributed by atoms with van der Waals surface area (Å²) in [5.41, 5.74) is 0.394. The van der Waals surface area contributed by atoms with Crippen LogP contribution in [0.3, 0.4) is 0 Å². The van der Waals surface area contributed by atoms with E-state index in [2.05, 4.69) is 15.9 Å². The normalized spacial score (nSPS) is 23.4. The lowest BCUT2D eigenvalue weighted by atomic mass is 10.3. The SMILES string of the molecule is CN1C(CCO)=C([N+](=O)[O-])C(Br)N1N. The van der Waals surface area contributed by atoms with E-state index in [1.165, 1.54) is 10.1 Å². The second kappa shape index (κ2) is 4.22. The van der Waals surface area contributed by atoms with Gasteiger partial charge in [-0.1, -0.05) is 15.9 Å². The number of nitro groups is 1. The maximum atomic E-state index is 10.7. The minimum absolute atomic E-state index is 0.0240. The van der Waals surface area contributed by atoms with Gasteiger partial charge in [-0.05, 0) is 0 Å². The number of alkyl halides is 1. The van der Waals surface area contributed by atoms with Crippen molar-refractivity contribution in [1.82, 2.24) is 10.1 Å². The van der Waals surface area contributed by atoms with Gasteiger partial charge in [-0.15, -0.1) is 5.12 Å². The molecule has 7 nitrogen and oxygen atoms in total. The van der Waals surface area contributed by atoms with Gasteiger partial charge in [0.1, 0.15) is 5.70 Å². The standard InChI is InChI=1S/C6H11BrN4O3/c1-9-4(2-3-12)5(11(13)14)6(7)10(9)8/h6,12H,2-3,8H2,1H3. The van der Waals surface area contributed by atoms with E-state index < -0.39 is 9.87 Å². The number of hydrogen-bond acceptors (Lipinski definition) is 6. The second-order valence-corrected chi connectivity index (χ2v) is 3.67. The van der Waals surface area contributed by atoms with E-state index in [9.17, 15) is 10.1 Å². The third-order valence-corrected chi connectivity index (χ3v) is 2.89. The molecule has 0 spiro atoms. The molecule has 1 aliphatic rings. The molecule has 0 saturated heterocycles. The van der Waals surface area contributed by atoms with Crippen LogP contribution < -0.4 is 5.84 Å². The van der Waals surface area contributed by atoms with Gasteiger partial charge in [-0.25, -0.2) is 5.84 Å². The molecule has 1 heterocycles. The average Bonchev–Trinajstić information content (AvgIpc) is 2.32. The molecule has 1 aliphatic heterocycles. The van der Waals surface area contributed by atoms with Gasteiger partial charge in [-0.3, -0.25) is 15.1 Å². The fourth-order valence-corrected chi connectivity index (χ4v) is 2.01. The summed E-state index contributed by atoms with van der Waals surface area (Å²) in [5.74, 6) is 5.56. The van der Waals surface area contributed by atoms with E-state index in [-0.39, 0.29) is 18.7 Å². The summed E-state index contributed by atoms with van der Waals surface area (Å²) >= 11 is 3.10. The number of hydrogen-bond donors (Lipinski definition) is 2. The van der Waals surface area contributed by atoms with Crippen molar-refractivity contribution in [2.24, 2.45) is 5.84 Å². The lowest BCUT2D eigenvalue weighted by molar-refractivity contribution is -0.428. The van der Waals surface area contributed by atoms with Crippen LogP contribution in [0.25, 0.3) is 0 Å². The topological polar surface area (TPSA) is 95.9 Å². The van der Waals surface area contributed by atoms with Gasteiger partial charge < -0.3 is 5.11 Å². The Hall–Kier alpha value is -0.700. The van der Waals surface area contributed by atoms with Crippen LogP contribution in [0.15, 0.2) is 11.4 Å². The van der Waals surface area contributed by atoms with E-state index >= 15 is 0 Å². The molecule has 0 fully saturated rings. The van der Waals surface area contributed by atoms with E-state index in [4.69, 9.17) is 10.9 Å². The van der Waals surface area contributed by atoms with Gasteiger partial charge in [-0.2, -0.15) is 0 Å². The molecule has 0 aromatic heterocycles. The summed E-state index contributed by atoms with van der Waals surface area (Å²) in [6, 6.07) is 0. The first-order valence-corrected chi connectivity index (χ1v) is 4.82. The summed E-state index contributed by atoms with van der Waals surface area (Å²) in [5, 5.41) is 22.1. The highest BCUT2D eigenvalue weighted by Crippen LogP contribution is 2.30. The van der Waals surface area contributed by atoms with Gasteiger partial charge in [0.25, 0.3) is 5.70 Å². The van der Waals surface area contributed by atoms with E-state index in [1.54, 1.807) is 7.05 Å². The van der Waals surface area contributed by atoms with Gasteiger partial charge in [0.05, 0.1) is 4.92 Å². The molecule has 80 valence electrons. The molecule has 0 aromatic carbocycles. The predicted octanol–water partition coefficient (Wildman–Crippen LogP) is -0.386. The van der Waals surface area contributed by atoms with E-state index in [0.29, 0.717) is 5.70 Å². The van der Waals surface area contributed by atoms with Crippen LogP contribution in [-0.4, -0.2) is 38.8 Å². The molecule has 14 heavy (non-hydrogen) atoms. The van der Waals surface area contributed by atoms with E-state index in [1.807, 2.05) is 0 Å². The molecule has 0 bridgehead atoms. The third-order valence-electron chi connectivity index (χ3n) is 2.04. The first-order valence-electron chi connectivity index (χ1n) is 3.90. The predicted molar refractivity (Wildman–Crippen MR) is 52.2 cm³/mol. The summed E-state index contributed by atoms with van der Waals surface area (Å²) in [6.45, 7) is -0.148. The number of aliphatic hydroxyl groups excluding tert-OH is 1. The quantitative estimate of drug-likeness (QED) is 0.238. The summed E-state index contributed by atoms with van der Waals surface area (Å²) < 4.78 is 0. The minimum atomic E-state index is -0.649. The smallest absolute Gasteiger partial charge is 0.297 e. The van der Waals surface area contributed by atoms with Crippen molar-refractivity contribution in [2.75, 3.05) is 13.7 Å². The van der Waals surface area contributed by atoms with Crippen molar-refractivity contribution in [3.05, 3.63) is 21.5 Å². The summed E-state index contributed by atoms with van der Waals surface area (Å²) in [7, 11) is 1.61. The van der Waals surface area contributed by atoms with Gasteiger partial charge >= 0.3 is 0 Å². The molecule has 0 radical (unpaired) electrons. The average molecular weight is 267 g/mol. The maximum absolute atomic E-state index is 10.7. The zero-order valence-corrected chi connectivity index (χ0v) is 9.14. The molecule has 0 saturated carbocycles. The summed E-state index contributed by atoms with van der Waals surface area (Å²) in [6.07, 6.45) is 0.211. The molecule has 1 unspecified atom stereocenters. The summed E-state index contributed by atoms with van der Waals surface area (Å²) in [4.78, 5) is 9.57. The van der Waals surface area contributed by atoms with Crippen molar-refractivity contribution in [1.29, 1.82) is 0 Å². The van der Waals surface area contributed by atoms with Crippen molar-refractivity contribution >= 4 is 15.9 Å². The Morgan fingerprint density at radius 2 is 2.36 bits per heavy atom. The number of halogens is 1. The molecular formula is C6H11BrN4O3. The molecule has 0 aliphatic carbocycles. The fraction of sp³-hybridized carbons (Fsp3) is 0.667. The van der Waals surface area contributed by atoms with Crippen LogP contribution >= 0.6 is 15.9 Å². The number of nitrogens with two attached hydrogens (primary N) is 1. The highest BCUT2D eigenvalue weighted by molar-refractivity contribution is 9.09. The lowest BCUT2D eigenvalue weighted by Crippen LogP contribution is -2.43. The Kier molecular flexibility index (Phi) is 3.43. The Morgan fingerprint density at radius 3 is 2.79 bits per heavy atom. The Balaban J connectivity index is 3.04. The third kappa shape index (κ3) is 1.73. The number of rotatable bonds is 3. The zero-order chi connectivity index (χ0) is 10.9. The Labute approximate surface area is 89.0 Å². The van der Waals surface area contributed by atoms with Crippen LogP contribution in [-0.2, 0) is 0 Å². The second-order valence-electron chi connectivity index (χ2n) is 2.80. The molecule has 0 amide bonds. The Morgan fingerprint density at radius 1 is 1.79 bits per heavy atom. The highest BCUT2D eigenvalue weighted by atomic mass is 79.9. The molecule has 0 aromatic rings. The monoisotopic (exact) mass is 266 g/mol. The Bertz CT molecular complexity index is 282. The van der Waals surface area contributed by atoms with Crippen LogP contribution in [0.4, 0.5) is 0 Å². The minimum Gasteiger partial charge on any atom is -0.396 e. The molecule has 1 rings (SSSR count). The van der Waals surface area contributed by atoms with Crippen LogP contribution in [0.2, 0.25) is 0 Å². The molecule has 1 atom stereocenters. The first-order chi connectivity index (χ1) is 6.50. The fourth-order valence-electron chi connectivity index (χ4n) is 1.31. The molecule has 3 N–H and O–H groups in total. The van der Waals surface area contributed by atoms with Crippen LogP contribution in [0.1, 0.15) is 6.42 Å². The zero-order valence-electron chi connectivity index (χ0n) is 7.55. The lowest BCUT2D eigenvalue weighted by Gasteiger charge is -2.23. The van der Waals surface area contributed by atoms with Crippen molar-refractivity contribution in [3.63, 3.8) is 0 Å². The van der Waals surface area contributed by atoms with Crippen LogP contribution in [0, 0.1) is 10.1 Å². The number of nitrogens with zero attached hydrogens (tertiary/aromatic N) is 3. The van der Waals surface area contributed by atoms with Gasteiger partial charge in [0, 0.05) is 20.1 Å². The van der Waals surface area contributed by atoms with Gasteiger partial charge in [0.2, 0.25) is 0 Å². The molecular weight excluding hydrogens is 256 g/mol. The van der Waals surface area contributed by atoms with Gasteiger partial charge in [0.15, 0.2) is 4.95 Å². The first kappa shape index (κ1) is 11.4. The highest BCUT2D eigenvalue weighted by Gasteiger charge is 2.41. The number of aliphatic hydroxyl groups is 1. The van der Waals surface area contributed by atoms with Crippen molar-refractivity contribution in [2.45, 2.75) is 11.4 Å². The number of hydrazine groups is 2. The van der Waals surface area contributed by atoms with Crippen molar-refractivity contribution in [3.8, 4) is 0 Å². The maximum Gasteiger partial charge on any atom is 0.297 e. The van der Waals surface area contributed by atoms with Crippen molar-refractivity contribution < 1.29 is 10.0 Å². The van der Waals surface area contributed by atoms with Crippen LogP contribution in [0.5, 0.6) is 0 Å². The largest absolute Gasteiger partial charge is 0.396 e. The molecule has 8 heteroatoms. The van der Waals surface area contributed by atoms with E-state index in [0.717, 1.165) is 0 Å².